The van der Waals surface area contributed by atoms with Gasteiger partial charge in [0.2, 0.25) is 5.89 Å². The van der Waals surface area contributed by atoms with Gasteiger partial charge >= 0.3 is 0 Å². The van der Waals surface area contributed by atoms with Crippen LogP contribution >= 0.6 is 0 Å². The molecule has 0 amide bonds. The van der Waals surface area contributed by atoms with Gasteiger partial charge in [-0.05, 0) is 49.6 Å². The Morgan fingerprint density at radius 2 is 1.92 bits per heavy atom. The van der Waals surface area contributed by atoms with E-state index in [1.807, 2.05) is 30.3 Å². The largest absolute Gasteiger partial charge is 0.445 e. The number of hydrogen-bond donors (Lipinski definition) is 1. The van der Waals surface area contributed by atoms with Gasteiger partial charge in [-0.15, -0.1) is 0 Å². The first-order valence-electron chi connectivity index (χ1n) is 12.1. The van der Waals surface area contributed by atoms with Gasteiger partial charge in [-0.3, -0.25) is 4.72 Å². The van der Waals surface area contributed by atoms with E-state index in [0.29, 0.717) is 29.3 Å². The molecule has 9 heteroatoms. The monoisotopic (exact) mass is 518 g/mol. The second-order valence-electron chi connectivity index (χ2n) is 10.0. The molecule has 0 bridgehead atoms. The number of likely N-dealkylation sites (tertiary alicyclic amines) is 1. The molecule has 0 unspecified atom stereocenters. The van der Waals surface area contributed by atoms with Crippen LogP contribution in [0.4, 0.5) is 5.82 Å². The lowest BCUT2D eigenvalue weighted by atomic mass is 9.90. The van der Waals surface area contributed by atoms with Crippen molar-refractivity contribution in [3.8, 4) is 22.6 Å². The van der Waals surface area contributed by atoms with Gasteiger partial charge in [-0.25, -0.2) is 13.4 Å². The summed E-state index contributed by atoms with van der Waals surface area (Å²) in [5.74, 6) is 1.25. The Hall–Kier alpha value is -3.85. The van der Waals surface area contributed by atoms with E-state index in [9.17, 15) is 8.42 Å². The first-order chi connectivity index (χ1) is 17.6. The van der Waals surface area contributed by atoms with E-state index >= 15 is 0 Å². The van der Waals surface area contributed by atoms with Crippen LogP contribution in [0.15, 0.2) is 81.0 Å². The molecule has 0 saturated carbocycles. The van der Waals surface area contributed by atoms with Crippen LogP contribution < -0.4 is 4.72 Å². The summed E-state index contributed by atoms with van der Waals surface area (Å²) >= 11 is 0. The van der Waals surface area contributed by atoms with Gasteiger partial charge in [-0.2, -0.15) is 0 Å². The van der Waals surface area contributed by atoms with Crippen molar-refractivity contribution >= 4 is 15.8 Å². The number of anilines is 1. The van der Waals surface area contributed by atoms with Crippen molar-refractivity contribution in [1.29, 1.82) is 0 Å². The number of aromatic nitrogens is 2. The summed E-state index contributed by atoms with van der Waals surface area (Å²) in [4.78, 5) is 6.71. The highest BCUT2D eigenvalue weighted by Crippen LogP contribution is 2.41. The first-order valence-corrected chi connectivity index (χ1v) is 13.6. The fourth-order valence-corrected chi connectivity index (χ4v) is 5.89. The highest BCUT2D eigenvalue weighted by Gasteiger charge is 2.33. The van der Waals surface area contributed by atoms with Crippen LogP contribution in [0.1, 0.15) is 37.2 Å². The molecule has 2 aromatic carbocycles. The second kappa shape index (κ2) is 9.23. The van der Waals surface area contributed by atoms with E-state index in [2.05, 4.69) is 40.2 Å². The standard InChI is InChI=1S/C28H30N4O4S/c1-18-19(2)36-30-26(18)31-37(33,34)25-9-7-6-8-24(25)23-11-10-21(27-29-13-15-35-27)16-22(23)17-32-14-12-28(4,5)20(32)3/h6-11,13,15-16H,3,12,14,17H2,1-2,4-5H3,(H,30,31). The van der Waals surface area contributed by atoms with Crippen LogP contribution in [0.2, 0.25) is 0 Å². The Morgan fingerprint density at radius 3 is 2.57 bits per heavy atom. The maximum Gasteiger partial charge on any atom is 0.263 e. The predicted octanol–water partition coefficient (Wildman–Crippen LogP) is 6.16. The molecule has 37 heavy (non-hydrogen) atoms. The van der Waals surface area contributed by atoms with Gasteiger partial charge in [0, 0.05) is 40.9 Å². The number of benzene rings is 2. The van der Waals surface area contributed by atoms with Gasteiger partial charge < -0.3 is 13.8 Å². The Bertz CT molecular complexity index is 1570. The van der Waals surface area contributed by atoms with Crippen molar-refractivity contribution in [3.05, 3.63) is 84.1 Å². The predicted molar refractivity (Wildman–Crippen MR) is 142 cm³/mol. The van der Waals surface area contributed by atoms with Gasteiger partial charge in [0.15, 0.2) is 5.82 Å². The third-order valence-corrected chi connectivity index (χ3v) is 8.57. The van der Waals surface area contributed by atoms with Crippen LogP contribution in [-0.4, -0.2) is 30.0 Å². The molecule has 1 N–H and O–H groups in total. The summed E-state index contributed by atoms with van der Waals surface area (Å²) in [5.41, 5.74) is 4.89. The second-order valence-corrected chi connectivity index (χ2v) is 11.7. The number of aryl methyl sites for hydroxylation is 1. The average Bonchev–Trinajstić information content (AvgIpc) is 3.58. The number of nitrogens with one attached hydrogen (secondary N) is 1. The number of hydrogen-bond acceptors (Lipinski definition) is 7. The molecule has 0 spiro atoms. The number of allylic oxidation sites excluding steroid dienone is 1. The Labute approximate surface area is 217 Å². The minimum atomic E-state index is -3.96. The summed E-state index contributed by atoms with van der Waals surface area (Å²) in [7, 11) is -3.96. The number of rotatable bonds is 7. The third-order valence-electron chi connectivity index (χ3n) is 7.17. The van der Waals surface area contributed by atoms with E-state index in [1.54, 1.807) is 32.2 Å². The molecular formula is C28H30N4O4S. The van der Waals surface area contributed by atoms with E-state index in [4.69, 9.17) is 8.94 Å². The molecule has 1 aliphatic rings. The SMILES string of the molecule is C=C1N(Cc2cc(-c3ncco3)ccc2-c2ccccc2S(=O)(=O)Nc2noc(C)c2C)CCC1(C)C. The minimum absolute atomic E-state index is 0.0130. The van der Waals surface area contributed by atoms with Crippen molar-refractivity contribution in [2.45, 2.75) is 45.6 Å². The summed E-state index contributed by atoms with van der Waals surface area (Å²) < 4.78 is 40.4. The van der Waals surface area contributed by atoms with Crippen LogP contribution in [0.3, 0.4) is 0 Å². The Balaban J connectivity index is 1.60. The van der Waals surface area contributed by atoms with Gasteiger partial charge in [0.1, 0.15) is 12.0 Å². The van der Waals surface area contributed by atoms with E-state index in [1.165, 1.54) is 6.26 Å². The molecule has 1 aliphatic heterocycles. The maximum absolute atomic E-state index is 13.6. The molecular weight excluding hydrogens is 488 g/mol. The molecule has 4 aromatic rings. The summed E-state index contributed by atoms with van der Waals surface area (Å²) in [6, 6.07) is 12.8. The van der Waals surface area contributed by atoms with Crippen molar-refractivity contribution < 1.29 is 17.4 Å². The average molecular weight is 519 g/mol. The Morgan fingerprint density at radius 1 is 1.14 bits per heavy atom. The normalized spacial score (nSPS) is 15.4. The van der Waals surface area contributed by atoms with Gasteiger partial charge in [0.05, 0.1) is 11.1 Å². The van der Waals surface area contributed by atoms with Crippen LogP contribution in [0.5, 0.6) is 0 Å². The van der Waals surface area contributed by atoms with Crippen molar-refractivity contribution in [3.63, 3.8) is 0 Å². The maximum atomic E-state index is 13.6. The molecule has 3 heterocycles. The van der Waals surface area contributed by atoms with Gasteiger partial charge in [-0.1, -0.05) is 49.8 Å². The van der Waals surface area contributed by atoms with Crippen LogP contribution in [0.25, 0.3) is 22.6 Å². The zero-order valence-electron chi connectivity index (χ0n) is 21.4. The quantitative estimate of drug-likeness (QED) is 0.313. The van der Waals surface area contributed by atoms with Crippen LogP contribution in [0, 0.1) is 19.3 Å². The molecule has 1 fully saturated rings. The van der Waals surface area contributed by atoms with Crippen LogP contribution in [-0.2, 0) is 16.6 Å². The van der Waals surface area contributed by atoms with Crippen molar-refractivity contribution in [2.75, 3.05) is 11.3 Å². The lowest BCUT2D eigenvalue weighted by Crippen LogP contribution is -2.20. The number of oxazole rings is 1. The summed E-state index contributed by atoms with van der Waals surface area (Å²) in [6.07, 6.45) is 4.15. The van der Waals surface area contributed by atoms with E-state index in [-0.39, 0.29) is 16.1 Å². The van der Waals surface area contributed by atoms with Crippen molar-refractivity contribution in [1.82, 2.24) is 15.0 Å². The molecule has 0 radical (unpaired) electrons. The summed E-state index contributed by atoms with van der Waals surface area (Å²) in [5, 5.41) is 3.88. The molecule has 0 aliphatic carbocycles. The molecule has 5 rings (SSSR count). The molecule has 2 aromatic heterocycles. The fraction of sp³-hybridized carbons (Fsp3) is 0.286. The first kappa shape index (κ1) is 24.8. The number of nitrogens with zero attached hydrogens (tertiary/aromatic N) is 3. The molecule has 0 atom stereocenters. The van der Waals surface area contributed by atoms with E-state index in [0.717, 1.165) is 35.4 Å². The minimum Gasteiger partial charge on any atom is -0.445 e. The summed E-state index contributed by atoms with van der Waals surface area (Å²) in [6.45, 7) is 13.7. The zero-order chi connectivity index (χ0) is 26.4. The highest BCUT2D eigenvalue weighted by molar-refractivity contribution is 7.92. The zero-order valence-corrected chi connectivity index (χ0v) is 22.2. The topological polar surface area (TPSA) is 101 Å². The molecule has 192 valence electrons. The smallest absolute Gasteiger partial charge is 0.263 e. The lowest BCUT2D eigenvalue weighted by molar-refractivity contribution is 0.370. The number of sulfonamides is 1. The molecule has 1 saturated heterocycles. The van der Waals surface area contributed by atoms with Gasteiger partial charge in [0.25, 0.3) is 10.0 Å². The Kier molecular flexibility index (Phi) is 6.19. The third kappa shape index (κ3) is 4.67. The fourth-order valence-electron chi connectivity index (χ4n) is 4.61. The highest BCUT2D eigenvalue weighted by atomic mass is 32.2. The lowest BCUT2D eigenvalue weighted by Gasteiger charge is -2.26. The molecule has 8 nitrogen and oxygen atoms in total. The van der Waals surface area contributed by atoms with Crippen molar-refractivity contribution in [2.24, 2.45) is 5.41 Å². The van der Waals surface area contributed by atoms with E-state index < -0.39 is 10.0 Å².